The number of piperazine rings is 1. The second-order valence-electron chi connectivity index (χ2n) is 6.12. The van der Waals surface area contributed by atoms with Crippen molar-refractivity contribution in [3.05, 3.63) is 29.3 Å². The molecule has 0 spiro atoms. The van der Waals surface area contributed by atoms with E-state index < -0.39 is 10.0 Å². The maximum atomic E-state index is 12.9. The molecule has 0 radical (unpaired) electrons. The first-order valence-corrected chi connectivity index (χ1v) is 9.89. The van der Waals surface area contributed by atoms with Crippen LogP contribution >= 0.6 is 0 Å². The zero-order valence-electron chi connectivity index (χ0n) is 14.9. The first-order chi connectivity index (χ1) is 11.3. The van der Waals surface area contributed by atoms with Crippen LogP contribution in [0.25, 0.3) is 0 Å². The molecule has 1 unspecified atom stereocenters. The molecule has 1 heterocycles. The van der Waals surface area contributed by atoms with Crippen molar-refractivity contribution in [1.29, 1.82) is 0 Å². The van der Waals surface area contributed by atoms with Crippen molar-refractivity contribution < 1.29 is 13.2 Å². The molecule has 1 N–H and O–H groups in total. The fraction of sp³-hybridized carbons (Fsp3) is 0.588. The Hall–Kier alpha value is -1.44. The molecule has 0 aliphatic carbocycles. The summed E-state index contributed by atoms with van der Waals surface area (Å²) in [7, 11) is -3.57. The van der Waals surface area contributed by atoms with Crippen molar-refractivity contribution in [2.45, 2.75) is 38.6 Å². The van der Waals surface area contributed by atoms with Gasteiger partial charge in [0, 0.05) is 44.3 Å². The molecule has 1 saturated heterocycles. The van der Waals surface area contributed by atoms with E-state index in [1.165, 1.54) is 10.4 Å². The summed E-state index contributed by atoms with van der Waals surface area (Å²) in [6.45, 7) is 10.4. The quantitative estimate of drug-likeness (QED) is 0.870. The molecule has 134 valence electrons. The minimum absolute atomic E-state index is 0.0914. The molecule has 0 saturated carbocycles. The predicted octanol–water partition coefficient (Wildman–Crippen LogP) is 1.46. The van der Waals surface area contributed by atoms with E-state index in [9.17, 15) is 13.2 Å². The zero-order valence-corrected chi connectivity index (χ0v) is 15.7. The first-order valence-electron chi connectivity index (χ1n) is 8.45. The second kappa shape index (κ2) is 7.63. The van der Waals surface area contributed by atoms with Crippen molar-refractivity contribution in [3.8, 4) is 0 Å². The Balaban J connectivity index is 2.40. The minimum Gasteiger partial charge on any atom is -0.333 e. The molecule has 1 aromatic carbocycles. The lowest BCUT2D eigenvalue weighted by Gasteiger charge is -2.34. The Morgan fingerprint density at radius 2 is 2.00 bits per heavy atom. The van der Waals surface area contributed by atoms with E-state index in [0.29, 0.717) is 25.2 Å². The van der Waals surface area contributed by atoms with Crippen LogP contribution in [0.2, 0.25) is 0 Å². The summed E-state index contributed by atoms with van der Waals surface area (Å²) >= 11 is 0. The third-order valence-electron chi connectivity index (χ3n) is 4.54. The van der Waals surface area contributed by atoms with Crippen molar-refractivity contribution >= 4 is 15.9 Å². The topological polar surface area (TPSA) is 69.7 Å². The third-order valence-corrected chi connectivity index (χ3v) is 6.59. The molecule has 0 aromatic heterocycles. The van der Waals surface area contributed by atoms with Gasteiger partial charge in [-0.05, 0) is 31.5 Å². The van der Waals surface area contributed by atoms with Gasteiger partial charge in [0.25, 0.3) is 5.91 Å². The van der Waals surface area contributed by atoms with Crippen LogP contribution in [-0.4, -0.2) is 62.3 Å². The Morgan fingerprint density at radius 3 is 2.58 bits per heavy atom. The molecule has 1 aliphatic heterocycles. The molecule has 1 aromatic rings. The number of carbonyl (C=O) groups excluding carboxylic acids is 1. The van der Waals surface area contributed by atoms with E-state index in [1.807, 2.05) is 32.6 Å². The number of benzene rings is 1. The number of hydrogen-bond donors (Lipinski definition) is 1. The fourth-order valence-electron chi connectivity index (χ4n) is 3.00. The molecule has 6 nitrogen and oxygen atoms in total. The predicted molar refractivity (Wildman–Crippen MR) is 94.7 cm³/mol. The number of nitrogens with zero attached hydrogens (tertiary/aromatic N) is 2. The van der Waals surface area contributed by atoms with Gasteiger partial charge in [-0.15, -0.1) is 0 Å². The van der Waals surface area contributed by atoms with E-state index in [4.69, 9.17) is 0 Å². The van der Waals surface area contributed by atoms with Crippen molar-refractivity contribution in [3.63, 3.8) is 0 Å². The molecular formula is C17H27N3O3S. The molecule has 0 bridgehead atoms. The van der Waals surface area contributed by atoms with Gasteiger partial charge in [0.15, 0.2) is 0 Å². The van der Waals surface area contributed by atoms with E-state index in [1.54, 1.807) is 12.1 Å². The molecular weight excluding hydrogens is 326 g/mol. The number of hydrogen-bond acceptors (Lipinski definition) is 4. The van der Waals surface area contributed by atoms with Gasteiger partial charge in [-0.2, -0.15) is 4.31 Å². The van der Waals surface area contributed by atoms with E-state index in [2.05, 4.69) is 5.32 Å². The fourth-order valence-corrected chi connectivity index (χ4v) is 4.49. The van der Waals surface area contributed by atoms with E-state index in [0.717, 1.165) is 18.7 Å². The molecule has 1 fully saturated rings. The highest BCUT2D eigenvalue weighted by Gasteiger charge is 2.28. The zero-order chi connectivity index (χ0) is 17.9. The van der Waals surface area contributed by atoms with Crippen LogP contribution in [0, 0.1) is 6.92 Å². The van der Waals surface area contributed by atoms with Crippen LogP contribution in [-0.2, 0) is 10.0 Å². The summed E-state index contributed by atoms with van der Waals surface area (Å²) in [6.07, 6.45) is 0. The SMILES string of the molecule is CCN(CC)S(=O)(=O)c1ccc(C)c(C(=O)N2CCNCC2C)c1. The number of sulfonamides is 1. The van der Waals surface area contributed by atoms with Gasteiger partial charge < -0.3 is 10.2 Å². The summed E-state index contributed by atoms with van der Waals surface area (Å²) in [5, 5.41) is 3.25. The summed E-state index contributed by atoms with van der Waals surface area (Å²) in [6, 6.07) is 4.92. The third kappa shape index (κ3) is 3.63. The average Bonchev–Trinajstić information content (AvgIpc) is 2.55. The first kappa shape index (κ1) is 18.9. The van der Waals surface area contributed by atoms with E-state index in [-0.39, 0.29) is 16.8 Å². The van der Waals surface area contributed by atoms with Crippen molar-refractivity contribution in [2.75, 3.05) is 32.7 Å². The molecule has 7 heteroatoms. The molecule has 1 amide bonds. The van der Waals surface area contributed by atoms with Crippen LogP contribution in [0.5, 0.6) is 0 Å². The number of aryl methyl sites for hydroxylation is 1. The van der Waals surface area contributed by atoms with Gasteiger partial charge in [-0.3, -0.25) is 4.79 Å². The minimum atomic E-state index is -3.57. The molecule has 24 heavy (non-hydrogen) atoms. The van der Waals surface area contributed by atoms with Crippen molar-refractivity contribution in [1.82, 2.24) is 14.5 Å². The monoisotopic (exact) mass is 353 g/mol. The van der Waals surface area contributed by atoms with Crippen LogP contribution in [0.3, 0.4) is 0 Å². The van der Waals surface area contributed by atoms with Gasteiger partial charge in [-0.1, -0.05) is 19.9 Å². The Labute approximate surface area is 144 Å². The van der Waals surface area contributed by atoms with E-state index >= 15 is 0 Å². The second-order valence-corrected chi connectivity index (χ2v) is 8.06. The van der Waals surface area contributed by atoms with Gasteiger partial charge in [-0.25, -0.2) is 8.42 Å². The highest BCUT2D eigenvalue weighted by Crippen LogP contribution is 2.21. The molecule has 1 aliphatic rings. The summed E-state index contributed by atoms with van der Waals surface area (Å²) in [5.41, 5.74) is 1.27. The smallest absolute Gasteiger partial charge is 0.254 e. The lowest BCUT2D eigenvalue weighted by Crippen LogP contribution is -2.52. The number of carbonyl (C=O) groups is 1. The molecule has 1 atom stereocenters. The van der Waals surface area contributed by atoms with Crippen LogP contribution in [0.1, 0.15) is 36.7 Å². The number of amides is 1. The summed E-state index contributed by atoms with van der Waals surface area (Å²) in [5.74, 6) is -0.0990. The largest absolute Gasteiger partial charge is 0.333 e. The van der Waals surface area contributed by atoms with Gasteiger partial charge >= 0.3 is 0 Å². The molecule has 2 rings (SSSR count). The van der Waals surface area contributed by atoms with Crippen LogP contribution in [0.15, 0.2) is 23.1 Å². The van der Waals surface area contributed by atoms with Gasteiger partial charge in [0.05, 0.1) is 4.90 Å². The normalized spacial score (nSPS) is 18.9. The number of nitrogens with one attached hydrogen (secondary N) is 1. The van der Waals surface area contributed by atoms with Gasteiger partial charge in [0.2, 0.25) is 10.0 Å². The number of rotatable bonds is 5. The Kier molecular flexibility index (Phi) is 6.01. The highest BCUT2D eigenvalue weighted by atomic mass is 32.2. The lowest BCUT2D eigenvalue weighted by molar-refractivity contribution is 0.0654. The van der Waals surface area contributed by atoms with Crippen molar-refractivity contribution in [2.24, 2.45) is 0 Å². The van der Waals surface area contributed by atoms with Gasteiger partial charge in [0.1, 0.15) is 0 Å². The maximum Gasteiger partial charge on any atom is 0.254 e. The average molecular weight is 353 g/mol. The highest BCUT2D eigenvalue weighted by molar-refractivity contribution is 7.89. The van der Waals surface area contributed by atoms with Crippen LogP contribution < -0.4 is 5.32 Å². The summed E-state index contributed by atoms with van der Waals surface area (Å²) in [4.78, 5) is 14.9. The standard InChI is InChI=1S/C17H27N3O3S/c1-5-19(6-2)24(22,23)15-8-7-13(3)16(11-15)17(21)20-10-9-18-12-14(20)4/h7-8,11,14,18H,5-6,9-10,12H2,1-4H3. The summed E-state index contributed by atoms with van der Waals surface area (Å²) < 4.78 is 26.8. The maximum absolute atomic E-state index is 12.9. The Bertz CT molecular complexity index is 699. The van der Waals surface area contributed by atoms with Crippen LogP contribution in [0.4, 0.5) is 0 Å². The Morgan fingerprint density at radius 1 is 1.33 bits per heavy atom. The lowest BCUT2D eigenvalue weighted by atomic mass is 10.1.